The smallest absolute Gasteiger partial charge is 0.0522 e. The van der Waals surface area contributed by atoms with E-state index in [1.165, 1.54) is 16.7 Å². The monoisotopic (exact) mass is 285 g/mol. The van der Waals surface area contributed by atoms with Gasteiger partial charge in [0.1, 0.15) is 0 Å². The average Bonchev–Trinajstić information content (AvgIpc) is 2.83. The van der Waals surface area contributed by atoms with E-state index in [4.69, 9.17) is 0 Å². The molecule has 1 unspecified atom stereocenters. The fourth-order valence-electron chi connectivity index (χ4n) is 2.42. The van der Waals surface area contributed by atoms with Gasteiger partial charge in [0.15, 0.2) is 0 Å². The highest BCUT2D eigenvalue weighted by molar-refractivity contribution is 5.29. The van der Waals surface area contributed by atoms with Crippen LogP contribution in [-0.4, -0.2) is 16.3 Å². The van der Waals surface area contributed by atoms with Gasteiger partial charge in [-0.15, -0.1) is 0 Å². The number of aryl methyl sites for hydroxylation is 1. The van der Waals surface area contributed by atoms with Crippen molar-refractivity contribution in [3.63, 3.8) is 0 Å². The van der Waals surface area contributed by atoms with Crippen molar-refractivity contribution in [3.05, 3.63) is 53.3 Å². The van der Waals surface area contributed by atoms with Crippen LogP contribution in [0.5, 0.6) is 0 Å². The number of benzene rings is 1. The summed E-state index contributed by atoms with van der Waals surface area (Å²) in [6, 6.07) is 9.34. The summed E-state index contributed by atoms with van der Waals surface area (Å²) in [7, 11) is 1.95. The summed E-state index contributed by atoms with van der Waals surface area (Å²) in [6.07, 6.45) is 5.02. The van der Waals surface area contributed by atoms with E-state index in [0.29, 0.717) is 6.04 Å². The van der Waals surface area contributed by atoms with Crippen LogP contribution in [0.1, 0.15) is 50.4 Å². The van der Waals surface area contributed by atoms with Gasteiger partial charge in [-0.3, -0.25) is 4.68 Å². The number of hydrogen-bond donors (Lipinski definition) is 1. The Hall–Kier alpha value is -1.61. The largest absolute Gasteiger partial charge is 0.310 e. The van der Waals surface area contributed by atoms with E-state index in [1.54, 1.807) is 0 Å². The molecule has 3 heteroatoms. The van der Waals surface area contributed by atoms with Gasteiger partial charge in [0.2, 0.25) is 0 Å². The summed E-state index contributed by atoms with van der Waals surface area (Å²) in [5.41, 5.74) is 4.22. The second-order valence-corrected chi connectivity index (χ2v) is 6.82. The van der Waals surface area contributed by atoms with E-state index >= 15 is 0 Å². The van der Waals surface area contributed by atoms with Crippen molar-refractivity contribution in [3.8, 4) is 0 Å². The highest BCUT2D eigenvalue weighted by Crippen LogP contribution is 2.23. The fraction of sp³-hybridized carbons (Fsp3) is 0.500. The van der Waals surface area contributed by atoms with Crippen molar-refractivity contribution in [2.45, 2.75) is 45.6 Å². The zero-order valence-corrected chi connectivity index (χ0v) is 13.9. The molecule has 0 radical (unpaired) electrons. The molecular weight excluding hydrogens is 258 g/mol. The Kier molecular flexibility index (Phi) is 4.84. The first-order valence-electron chi connectivity index (χ1n) is 7.67. The SMILES string of the molecule is CC(NCCc1cnn(C)c1)c1ccc(C(C)(C)C)cc1. The zero-order chi connectivity index (χ0) is 15.5. The molecule has 0 fully saturated rings. The molecule has 0 bridgehead atoms. The van der Waals surface area contributed by atoms with Gasteiger partial charge in [-0.2, -0.15) is 5.10 Å². The van der Waals surface area contributed by atoms with Gasteiger partial charge in [-0.05, 0) is 42.0 Å². The van der Waals surface area contributed by atoms with Gasteiger partial charge in [0, 0.05) is 19.3 Å². The van der Waals surface area contributed by atoms with Crippen molar-refractivity contribution in [1.82, 2.24) is 15.1 Å². The molecule has 0 saturated heterocycles. The molecule has 0 aliphatic heterocycles. The van der Waals surface area contributed by atoms with Crippen molar-refractivity contribution in [2.75, 3.05) is 6.54 Å². The summed E-state index contributed by atoms with van der Waals surface area (Å²) >= 11 is 0. The first kappa shape index (κ1) is 15.8. The van der Waals surface area contributed by atoms with Crippen LogP contribution < -0.4 is 5.32 Å². The number of aromatic nitrogens is 2. The van der Waals surface area contributed by atoms with E-state index in [-0.39, 0.29) is 5.41 Å². The molecule has 0 aliphatic carbocycles. The van der Waals surface area contributed by atoms with E-state index in [0.717, 1.165) is 13.0 Å². The van der Waals surface area contributed by atoms with Gasteiger partial charge in [0.05, 0.1) is 6.20 Å². The molecule has 0 saturated carbocycles. The predicted octanol–water partition coefficient (Wildman–Crippen LogP) is 3.61. The lowest BCUT2D eigenvalue weighted by atomic mass is 9.86. The standard InChI is InChI=1S/C18H27N3/c1-14(19-11-10-15-12-20-21(5)13-15)16-6-8-17(9-7-16)18(2,3)4/h6-9,12-14,19H,10-11H2,1-5H3. The van der Waals surface area contributed by atoms with E-state index in [9.17, 15) is 0 Å². The third kappa shape index (κ3) is 4.43. The molecule has 0 amide bonds. The average molecular weight is 285 g/mol. The number of nitrogens with one attached hydrogen (secondary N) is 1. The normalized spacial score (nSPS) is 13.4. The van der Waals surface area contributed by atoms with Gasteiger partial charge in [-0.25, -0.2) is 0 Å². The maximum atomic E-state index is 4.19. The van der Waals surface area contributed by atoms with Crippen LogP contribution in [0.2, 0.25) is 0 Å². The summed E-state index contributed by atoms with van der Waals surface area (Å²) in [5, 5.41) is 7.77. The molecule has 1 N–H and O–H groups in total. The molecule has 0 spiro atoms. The van der Waals surface area contributed by atoms with Crippen LogP contribution in [0, 0.1) is 0 Å². The summed E-state index contributed by atoms with van der Waals surface area (Å²) < 4.78 is 1.85. The number of hydrogen-bond acceptors (Lipinski definition) is 2. The predicted molar refractivity (Wildman–Crippen MR) is 88.5 cm³/mol. The van der Waals surface area contributed by atoms with Crippen LogP contribution in [0.25, 0.3) is 0 Å². The van der Waals surface area contributed by atoms with Crippen LogP contribution in [-0.2, 0) is 18.9 Å². The van der Waals surface area contributed by atoms with Crippen LogP contribution in [0.3, 0.4) is 0 Å². The fourth-order valence-corrected chi connectivity index (χ4v) is 2.42. The second kappa shape index (κ2) is 6.44. The summed E-state index contributed by atoms with van der Waals surface area (Å²) in [5.74, 6) is 0. The molecule has 1 atom stereocenters. The van der Waals surface area contributed by atoms with Crippen molar-refractivity contribution in [2.24, 2.45) is 7.05 Å². The topological polar surface area (TPSA) is 29.9 Å². The molecular formula is C18H27N3. The number of rotatable bonds is 5. The molecule has 114 valence electrons. The molecule has 0 aliphatic rings. The van der Waals surface area contributed by atoms with Gasteiger partial charge in [0.25, 0.3) is 0 Å². The third-order valence-electron chi connectivity index (χ3n) is 3.90. The van der Waals surface area contributed by atoms with Crippen molar-refractivity contribution >= 4 is 0 Å². The molecule has 1 aromatic carbocycles. The second-order valence-electron chi connectivity index (χ2n) is 6.82. The lowest BCUT2D eigenvalue weighted by Crippen LogP contribution is -2.21. The summed E-state index contributed by atoms with van der Waals surface area (Å²) in [6.45, 7) is 9.93. The number of nitrogens with zero attached hydrogens (tertiary/aromatic N) is 2. The Morgan fingerprint density at radius 1 is 1.19 bits per heavy atom. The molecule has 2 rings (SSSR count). The third-order valence-corrected chi connectivity index (χ3v) is 3.90. The van der Waals surface area contributed by atoms with Crippen LogP contribution in [0.15, 0.2) is 36.7 Å². The molecule has 21 heavy (non-hydrogen) atoms. The Morgan fingerprint density at radius 3 is 2.38 bits per heavy atom. The van der Waals surface area contributed by atoms with Crippen LogP contribution in [0.4, 0.5) is 0 Å². The quantitative estimate of drug-likeness (QED) is 0.909. The maximum absolute atomic E-state index is 4.19. The molecule has 1 heterocycles. The van der Waals surface area contributed by atoms with Crippen LogP contribution >= 0.6 is 0 Å². The maximum Gasteiger partial charge on any atom is 0.0522 e. The summed E-state index contributed by atoms with van der Waals surface area (Å²) in [4.78, 5) is 0. The molecule has 2 aromatic rings. The minimum atomic E-state index is 0.218. The highest BCUT2D eigenvalue weighted by atomic mass is 15.2. The Bertz CT molecular complexity index is 561. The van der Waals surface area contributed by atoms with Gasteiger partial charge < -0.3 is 5.32 Å². The molecule has 3 nitrogen and oxygen atoms in total. The minimum absolute atomic E-state index is 0.218. The Labute approximate surface area is 128 Å². The highest BCUT2D eigenvalue weighted by Gasteiger charge is 2.13. The van der Waals surface area contributed by atoms with E-state index < -0.39 is 0 Å². The van der Waals surface area contributed by atoms with Crippen molar-refractivity contribution < 1.29 is 0 Å². The lowest BCUT2D eigenvalue weighted by Gasteiger charge is -2.20. The van der Waals surface area contributed by atoms with Gasteiger partial charge >= 0.3 is 0 Å². The first-order chi connectivity index (χ1) is 9.86. The molecule has 1 aromatic heterocycles. The Morgan fingerprint density at radius 2 is 1.86 bits per heavy atom. The van der Waals surface area contributed by atoms with E-state index in [2.05, 4.69) is 68.6 Å². The van der Waals surface area contributed by atoms with E-state index in [1.807, 2.05) is 17.9 Å². The lowest BCUT2D eigenvalue weighted by molar-refractivity contribution is 0.571. The zero-order valence-electron chi connectivity index (χ0n) is 13.9. The minimum Gasteiger partial charge on any atom is -0.310 e. The van der Waals surface area contributed by atoms with Crippen molar-refractivity contribution in [1.29, 1.82) is 0 Å². The Balaban J connectivity index is 1.87. The first-order valence-corrected chi connectivity index (χ1v) is 7.67. The van der Waals surface area contributed by atoms with Gasteiger partial charge in [-0.1, -0.05) is 45.0 Å².